The van der Waals surface area contributed by atoms with Crippen LogP contribution in [0.3, 0.4) is 0 Å². The first kappa shape index (κ1) is 15.9. The van der Waals surface area contributed by atoms with E-state index in [1.54, 1.807) is 30.1 Å². The number of fused-ring (bicyclic) bond motifs is 2. The predicted molar refractivity (Wildman–Crippen MR) is 93.1 cm³/mol. The normalized spacial score (nSPS) is 12.6. The zero-order valence-electron chi connectivity index (χ0n) is 13.8. The highest BCUT2D eigenvalue weighted by molar-refractivity contribution is 6.10. The molecule has 6 nitrogen and oxygen atoms in total. The van der Waals surface area contributed by atoms with Crippen molar-refractivity contribution >= 4 is 23.3 Å². The van der Waals surface area contributed by atoms with Gasteiger partial charge in [-0.15, -0.1) is 0 Å². The zero-order chi connectivity index (χ0) is 17.3. The van der Waals surface area contributed by atoms with E-state index in [0.29, 0.717) is 29.3 Å². The molecule has 0 aliphatic carbocycles. The topological polar surface area (TPSA) is 70.7 Å². The molecule has 3 amide bonds. The highest BCUT2D eigenvalue weighted by atomic mass is 16.5. The number of hydrogen-bond donors (Lipinski definition) is 2. The highest BCUT2D eigenvalue weighted by Gasteiger charge is 2.26. The first-order chi connectivity index (χ1) is 11.5. The second-order valence-electron chi connectivity index (χ2n) is 5.63. The van der Waals surface area contributed by atoms with Crippen LogP contribution in [0.1, 0.15) is 22.8 Å². The summed E-state index contributed by atoms with van der Waals surface area (Å²) in [6.07, 6.45) is 0. The van der Waals surface area contributed by atoms with Gasteiger partial charge in [-0.25, -0.2) is 4.79 Å². The number of aryl methyl sites for hydroxylation is 1. The number of anilines is 2. The van der Waals surface area contributed by atoms with E-state index in [-0.39, 0.29) is 11.9 Å². The van der Waals surface area contributed by atoms with Gasteiger partial charge in [-0.1, -0.05) is 6.07 Å². The Morgan fingerprint density at radius 1 is 1.17 bits per heavy atom. The first-order valence-corrected chi connectivity index (χ1v) is 7.75. The van der Waals surface area contributed by atoms with E-state index in [4.69, 9.17) is 4.74 Å². The van der Waals surface area contributed by atoms with Gasteiger partial charge in [0.15, 0.2) is 5.75 Å². The van der Waals surface area contributed by atoms with Gasteiger partial charge in [-0.3, -0.25) is 4.79 Å². The highest BCUT2D eigenvalue weighted by Crippen LogP contribution is 2.39. The number of benzene rings is 2. The van der Waals surface area contributed by atoms with Gasteiger partial charge in [0, 0.05) is 19.3 Å². The molecule has 2 aromatic carbocycles. The van der Waals surface area contributed by atoms with Crippen LogP contribution in [0.15, 0.2) is 36.4 Å². The fourth-order valence-corrected chi connectivity index (χ4v) is 2.58. The van der Waals surface area contributed by atoms with Crippen molar-refractivity contribution in [3.8, 4) is 11.5 Å². The van der Waals surface area contributed by atoms with E-state index in [1.807, 2.05) is 32.0 Å². The minimum atomic E-state index is -0.313. The van der Waals surface area contributed by atoms with Crippen LogP contribution in [-0.2, 0) is 0 Å². The van der Waals surface area contributed by atoms with E-state index < -0.39 is 0 Å². The molecule has 1 aliphatic heterocycles. The Labute approximate surface area is 140 Å². The number of nitrogens with zero attached hydrogens (tertiary/aromatic N) is 1. The Hall–Kier alpha value is -3.02. The number of hydrogen-bond acceptors (Lipinski definition) is 3. The zero-order valence-corrected chi connectivity index (χ0v) is 13.8. The SMILES string of the molecule is CCNC(=O)Nc1ccc2c(c1)C(=O)N(C)c1cc(C)ccc1O2. The van der Waals surface area contributed by atoms with Crippen LogP contribution in [0.25, 0.3) is 0 Å². The third kappa shape index (κ3) is 2.90. The van der Waals surface area contributed by atoms with Gasteiger partial charge in [0.05, 0.1) is 11.3 Å². The van der Waals surface area contributed by atoms with Crippen LogP contribution in [0.2, 0.25) is 0 Å². The fourth-order valence-electron chi connectivity index (χ4n) is 2.58. The van der Waals surface area contributed by atoms with Crippen molar-refractivity contribution in [1.29, 1.82) is 0 Å². The van der Waals surface area contributed by atoms with Gasteiger partial charge in [-0.05, 0) is 49.7 Å². The molecule has 1 aliphatic rings. The number of urea groups is 1. The van der Waals surface area contributed by atoms with Crippen molar-refractivity contribution in [2.45, 2.75) is 13.8 Å². The molecule has 124 valence electrons. The van der Waals surface area contributed by atoms with Crippen molar-refractivity contribution < 1.29 is 14.3 Å². The predicted octanol–water partition coefficient (Wildman–Crippen LogP) is 3.52. The standard InChI is InChI=1S/C18H19N3O3/c1-4-19-18(23)20-12-6-8-15-13(10-12)17(22)21(3)14-9-11(2)5-7-16(14)24-15/h5-10H,4H2,1-3H3,(H2,19,20,23). The summed E-state index contributed by atoms with van der Waals surface area (Å²) in [5.41, 5.74) is 2.70. The monoisotopic (exact) mass is 325 g/mol. The lowest BCUT2D eigenvalue weighted by molar-refractivity contribution is 0.0993. The van der Waals surface area contributed by atoms with Crippen LogP contribution in [-0.4, -0.2) is 25.5 Å². The van der Waals surface area contributed by atoms with Gasteiger partial charge in [0.2, 0.25) is 0 Å². The van der Waals surface area contributed by atoms with Crippen LogP contribution < -0.4 is 20.3 Å². The molecule has 0 saturated carbocycles. The first-order valence-electron chi connectivity index (χ1n) is 7.75. The lowest BCUT2D eigenvalue weighted by Gasteiger charge is -2.16. The molecule has 0 atom stereocenters. The molecule has 0 aromatic heterocycles. The molecule has 6 heteroatoms. The lowest BCUT2D eigenvalue weighted by atomic mass is 10.1. The van der Waals surface area contributed by atoms with Gasteiger partial charge >= 0.3 is 6.03 Å². The van der Waals surface area contributed by atoms with Crippen LogP contribution in [0.5, 0.6) is 11.5 Å². The lowest BCUT2D eigenvalue weighted by Crippen LogP contribution is -2.28. The molecule has 24 heavy (non-hydrogen) atoms. The molecule has 0 fully saturated rings. The number of nitrogens with one attached hydrogen (secondary N) is 2. The Bertz CT molecular complexity index is 817. The molecule has 3 rings (SSSR count). The molecule has 1 heterocycles. The molecule has 0 unspecified atom stereocenters. The molecular formula is C18H19N3O3. The molecule has 0 radical (unpaired) electrons. The van der Waals surface area contributed by atoms with E-state index in [1.165, 1.54) is 0 Å². The molecular weight excluding hydrogens is 306 g/mol. The Kier molecular flexibility index (Phi) is 4.12. The third-order valence-electron chi connectivity index (χ3n) is 3.81. The summed E-state index contributed by atoms with van der Waals surface area (Å²) < 4.78 is 5.91. The maximum Gasteiger partial charge on any atom is 0.319 e. The van der Waals surface area contributed by atoms with Crippen molar-refractivity contribution in [2.24, 2.45) is 0 Å². The second-order valence-corrected chi connectivity index (χ2v) is 5.63. The Balaban J connectivity index is 1.99. The van der Waals surface area contributed by atoms with Crippen molar-refractivity contribution in [3.05, 3.63) is 47.5 Å². The van der Waals surface area contributed by atoms with Gasteiger partial charge < -0.3 is 20.3 Å². The maximum absolute atomic E-state index is 12.8. The molecule has 2 aromatic rings. The quantitative estimate of drug-likeness (QED) is 0.887. The van der Waals surface area contributed by atoms with Crippen molar-refractivity contribution in [3.63, 3.8) is 0 Å². The van der Waals surface area contributed by atoms with Crippen molar-refractivity contribution in [1.82, 2.24) is 5.32 Å². The summed E-state index contributed by atoms with van der Waals surface area (Å²) in [6.45, 7) is 4.32. The molecule has 0 saturated heterocycles. The summed E-state index contributed by atoms with van der Waals surface area (Å²) in [7, 11) is 1.71. The minimum Gasteiger partial charge on any atom is -0.454 e. The van der Waals surface area contributed by atoms with Crippen LogP contribution in [0, 0.1) is 6.92 Å². The van der Waals surface area contributed by atoms with E-state index in [2.05, 4.69) is 10.6 Å². The van der Waals surface area contributed by atoms with Gasteiger partial charge in [-0.2, -0.15) is 0 Å². The third-order valence-corrected chi connectivity index (χ3v) is 3.81. The number of ether oxygens (including phenoxy) is 1. The van der Waals surface area contributed by atoms with E-state index >= 15 is 0 Å². The smallest absolute Gasteiger partial charge is 0.319 e. The minimum absolute atomic E-state index is 0.186. The maximum atomic E-state index is 12.8. The van der Waals surface area contributed by atoms with E-state index in [9.17, 15) is 9.59 Å². The van der Waals surface area contributed by atoms with Gasteiger partial charge in [0.25, 0.3) is 5.91 Å². The Morgan fingerprint density at radius 3 is 2.67 bits per heavy atom. The fraction of sp³-hybridized carbons (Fsp3) is 0.222. The summed E-state index contributed by atoms with van der Waals surface area (Å²) in [4.78, 5) is 26.0. The van der Waals surface area contributed by atoms with Crippen LogP contribution >= 0.6 is 0 Å². The number of rotatable bonds is 2. The second kappa shape index (κ2) is 6.23. The Morgan fingerprint density at radius 2 is 1.92 bits per heavy atom. The summed E-state index contributed by atoms with van der Waals surface area (Å²) in [6, 6.07) is 10.4. The van der Waals surface area contributed by atoms with Crippen molar-refractivity contribution in [2.75, 3.05) is 23.8 Å². The molecule has 0 bridgehead atoms. The number of carbonyl (C=O) groups is 2. The van der Waals surface area contributed by atoms with E-state index in [0.717, 1.165) is 11.3 Å². The summed E-state index contributed by atoms with van der Waals surface area (Å²) in [5, 5.41) is 5.35. The summed E-state index contributed by atoms with van der Waals surface area (Å²) >= 11 is 0. The summed E-state index contributed by atoms with van der Waals surface area (Å²) in [5.74, 6) is 0.907. The number of amides is 3. The molecule has 2 N–H and O–H groups in total. The average molecular weight is 325 g/mol. The largest absolute Gasteiger partial charge is 0.454 e. The number of carbonyl (C=O) groups excluding carboxylic acids is 2. The van der Waals surface area contributed by atoms with Crippen LogP contribution in [0.4, 0.5) is 16.2 Å². The molecule has 0 spiro atoms. The average Bonchev–Trinajstić information content (AvgIpc) is 2.65. The van der Waals surface area contributed by atoms with Gasteiger partial charge in [0.1, 0.15) is 5.75 Å².